The van der Waals surface area contributed by atoms with E-state index in [1.54, 1.807) is 25.1 Å². The smallest absolute Gasteiger partial charge is 0.237 e. The van der Waals surface area contributed by atoms with Gasteiger partial charge in [0.2, 0.25) is 5.71 Å². The number of hydrogen-bond acceptors (Lipinski definition) is 4. The van der Waals surface area contributed by atoms with Crippen molar-refractivity contribution in [1.82, 2.24) is 0 Å². The first-order chi connectivity index (χ1) is 7.58. The van der Waals surface area contributed by atoms with Crippen LogP contribution in [0.1, 0.15) is 5.56 Å². The number of aryl methyl sites for hydroxylation is 1. The molecule has 0 atom stereocenters. The number of nitrogens with zero attached hydrogens (tertiary/aromatic N) is 3. The Morgan fingerprint density at radius 3 is 2.56 bits per heavy atom. The predicted octanol–water partition coefficient (Wildman–Crippen LogP) is 2.55. The van der Waals surface area contributed by atoms with Crippen LogP contribution in [0.25, 0.3) is 0 Å². The van der Waals surface area contributed by atoms with E-state index in [0.717, 1.165) is 5.56 Å². The second-order valence-corrected chi connectivity index (χ2v) is 4.06. The zero-order valence-corrected chi connectivity index (χ0v) is 10.4. The molecule has 0 bridgehead atoms. The lowest BCUT2D eigenvalue weighted by Gasteiger charge is -2.05. The Bertz CT molecular complexity index is 486. The molecule has 16 heavy (non-hydrogen) atoms. The highest BCUT2D eigenvalue weighted by atomic mass is 127. The molecule has 0 aliphatic carbocycles. The largest absolute Gasteiger partial charge is 0.272 e. The van der Waals surface area contributed by atoms with E-state index in [1.807, 2.05) is 22.6 Å². The summed E-state index contributed by atoms with van der Waals surface area (Å²) in [4.78, 5) is 0. The number of rotatable bonds is 2. The van der Waals surface area contributed by atoms with Gasteiger partial charge in [-0.1, -0.05) is 0 Å². The van der Waals surface area contributed by atoms with Crippen LogP contribution in [-0.2, 0) is 0 Å². The Kier molecular flexibility index (Phi) is 4.20. The Morgan fingerprint density at radius 1 is 1.44 bits per heavy atom. The molecule has 0 aliphatic rings. The van der Waals surface area contributed by atoms with Gasteiger partial charge in [0, 0.05) is 3.57 Å². The van der Waals surface area contributed by atoms with Gasteiger partial charge in [-0.3, -0.25) is 5.43 Å². The second kappa shape index (κ2) is 5.42. The molecule has 1 N–H and O–H groups in total. The van der Waals surface area contributed by atoms with Crippen molar-refractivity contribution in [2.24, 2.45) is 5.10 Å². The van der Waals surface area contributed by atoms with E-state index in [0.29, 0.717) is 3.57 Å². The van der Waals surface area contributed by atoms with E-state index in [2.05, 4.69) is 10.5 Å². The summed E-state index contributed by atoms with van der Waals surface area (Å²) in [6, 6.07) is 6.26. The van der Waals surface area contributed by atoms with Crippen LogP contribution < -0.4 is 5.43 Å². The molecule has 0 saturated heterocycles. The zero-order chi connectivity index (χ0) is 12.1. The van der Waals surface area contributed by atoms with Crippen LogP contribution in [0.5, 0.6) is 0 Å². The molecule has 0 heterocycles. The molecule has 0 amide bonds. The Morgan fingerprint density at radius 2 is 2.06 bits per heavy atom. The van der Waals surface area contributed by atoms with Crippen LogP contribution in [0, 0.1) is 39.0 Å². The summed E-state index contributed by atoms with van der Waals surface area (Å²) < 4.78 is 14.1. The van der Waals surface area contributed by atoms with Crippen LogP contribution in [0.4, 0.5) is 10.1 Å². The topological polar surface area (TPSA) is 72.0 Å². The lowest BCUT2D eigenvalue weighted by Crippen LogP contribution is -2.00. The highest BCUT2D eigenvalue weighted by Crippen LogP contribution is 2.23. The fourth-order valence-electron chi connectivity index (χ4n) is 0.993. The molecule has 0 fully saturated rings. The molecule has 0 unspecified atom stereocenters. The van der Waals surface area contributed by atoms with Gasteiger partial charge in [0.25, 0.3) is 0 Å². The third-order valence-corrected chi connectivity index (χ3v) is 2.53. The SMILES string of the molecule is Cc1cc(F)c(NN=C(C#N)C#N)c(I)c1. The number of nitrogens with one attached hydrogen (secondary N) is 1. The number of anilines is 1. The zero-order valence-electron chi connectivity index (χ0n) is 8.25. The lowest BCUT2D eigenvalue weighted by atomic mass is 10.2. The Hall–Kier alpha value is -1.67. The van der Waals surface area contributed by atoms with E-state index in [-0.39, 0.29) is 11.4 Å². The molecular weight excluding hydrogens is 322 g/mol. The van der Waals surface area contributed by atoms with Crippen LogP contribution >= 0.6 is 22.6 Å². The van der Waals surface area contributed by atoms with E-state index >= 15 is 0 Å². The molecular formula is C10H6FIN4. The number of benzene rings is 1. The van der Waals surface area contributed by atoms with Crippen molar-refractivity contribution in [3.05, 3.63) is 27.1 Å². The minimum atomic E-state index is -0.469. The summed E-state index contributed by atoms with van der Waals surface area (Å²) >= 11 is 1.94. The van der Waals surface area contributed by atoms with Gasteiger partial charge in [-0.15, -0.1) is 0 Å². The summed E-state index contributed by atoms with van der Waals surface area (Å²) in [6.45, 7) is 1.77. The van der Waals surface area contributed by atoms with Crippen LogP contribution in [0.15, 0.2) is 17.2 Å². The monoisotopic (exact) mass is 328 g/mol. The van der Waals surface area contributed by atoms with Crippen molar-refractivity contribution < 1.29 is 4.39 Å². The average molecular weight is 328 g/mol. The van der Waals surface area contributed by atoms with E-state index in [1.165, 1.54) is 6.07 Å². The fraction of sp³-hybridized carbons (Fsp3) is 0.100. The van der Waals surface area contributed by atoms with E-state index < -0.39 is 5.82 Å². The van der Waals surface area contributed by atoms with E-state index in [4.69, 9.17) is 10.5 Å². The standard InChI is InChI=1S/C10H6FIN4/c1-6-2-8(11)10(9(12)3-6)16-15-7(4-13)5-14/h2-3,16H,1H3. The maximum absolute atomic E-state index is 13.5. The van der Waals surface area contributed by atoms with Crippen LogP contribution in [0.3, 0.4) is 0 Å². The number of hydrazone groups is 1. The molecule has 0 spiro atoms. The van der Waals surface area contributed by atoms with Crippen LogP contribution in [0.2, 0.25) is 0 Å². The number of hydrogen-bond donors (Lipinski definition) is 1. The van der Waals surface area contributed by atoms with Crippen molar-refractivity contribution >= 4 is 34.0 Å². The third-order valence-electron chi connectivity index (χ3n) is 1.68. The van der Waals surface area contributed by atoms with Crippen molar-refractivity contribution in [2.45, 2.75) is 6.92 Å². The molecule has 0 saturated carbocycles. The Balaban J connectivity index is 3.05. The fourth-order valence-corrected chi connectivity index (χ4v) is 1.86. The summed E-state index contributed by atoms with van der Waals surface area (Å²) in [5, 5.41) is 20.4. The summed E-state index contributed by atoms with van der Waals surface area (Å²) in [7, 11) is 0. The number of halogens is 2. The van der Waals surface area contributed by atoms with Gasteiger partial charge in [-0.2, -0.15) is 15.6 Å². The minimum absolute atomic E-state index is 0.161. The molecule has 6 heteroatoms. The molecule has 1 rings (SSSR count). The average Bonchev–Trinajstić information content (AvgIpc) is 2.22. The lowest BCUT2D eigenvalue weighted by molar-refractivity contribution is 0.628. The van der Waals surface area contributed by atoms with Gasteiger partial charge in [0.1, 0.15) is 23.6 Å². The summed E-state index contributed by atoms with van der Waals surface area (Å²) in [5.74, 6) is -0.469. The molecule has 0 aliphatic heterocycles. The minimum Gasteiger partial charge on any atom is -0.272 e. The quantitative estimate of drug-likeness (QED) is 0.515. The van der Waals surface area contributed by atoms with E-state index in [9.17, 15) is 4.39 Å². The maximum atomic E-state index is 13.5. The van der Waals surface area contributed by atoms with Crippen molar-refractivity contribution in [2.75, 3.05) is 5.43 Å². The third kappa shape index (κ3) is 2.91. The van der Waals surface area contributed by atoms with Gasteiger partial charge in [0.05, 0.1) is 0 Å². The highest BCUT2D eigenvalue weighted by Gasteiger charge is 2.07. The summed E-state index contributed by atoms with van der Waals surface area (Å²) in [6.07, 6.45) is 0. The first-order valence-electron chi connectivity index (χ1n) is 4.18. The number of nitriles is 2. The van der Waals surface area contributed by atoms with Gasteiger partial charge in [0.15, 0.2) is 0 Å². The van der Waals surface area contributed by atoms with Crippen molar-refractivity contribution in [3.8, 4) is 12.1 Å². The second-order valence-electron chi connectivity index (χ2n) is 2.90. The molecule has 0 aromatic heterocycles. The summed E-state index contributed by atoms with van der Waals surface area (Å²) in [5.41, 5.74) is 2.97. The van der Waals surface area contributed by atoms with Crippen LogP contribution in [-0.4, -0.2) is 5.71 Å². The van der Waals surface area contributed by atoms with Gasteiger partial charge >= 0.3 is 0 Å². The van der Waals surface area contributed by atoms with Gasteiger partial charge < -0.3 is 0 Å². The molecule has 1 aromatic rings. The van der Waals surface area contributed by atoms with Crippen molar-refractivity contribution in [1.29, 1.82) is 10.5 Å². The van der Waals surface area contributed by atoms with Crippen molar-refractivity contribution in [3.63, 3.8) is 0 Å². The molecule has 1 aromatic carbocycles. The predicted molar refractivity (Wildman–Crippen MR) is 66.1 cm³/mol. The van der Waals surface area contributed by atoms with Gasteiger partial charge in [-0.05, 0) is 47.2 Å². The molecule has 0 radical (unpaired) electrons. The highest BCUT2D eigenvalue weighted by molar-refractivity contribution is 14.1. The first kappa shape index (κ1) is 12.4. The Labute approximate surface area is 106 Å². The first-order valence-corrected chi connectivity index (χ1v) is 5.26. The molecule has 80 valence electrons. The van der Waals surface area contributed by atoms with Gasteiger partial charge in [-0.25, -0.2) is 4.39 Å². The normalized spacial score (nSPS) is 8.81. The maximum Gasteiger partial charge on any atom is 0.237 e. The molecule has 4 nitrogen and oxygen atoms in total.